The van der Waals surface area contributed by atoms with Crippen LogP contribution in [0.25, 0.3) is 176 Å². The minimum Gasteiger partial charge on any atom is -0.454 e. The van der Waals surface area contributed by atoms with Gasteiger partial charge in [0, 0.05) is 64.6 Å². The van der Waals surface area contributed by atoms with Gasteiger partial charge in [-0.15, -0.1) is 0 Å². The predicted octanol–water partition coefficient (Wildman–Crippen LogP) is 21.0. The zero-order chi connectivity index (χ0) is 57.9. The van der Waals surface area contributed by atoms with Crippen LogP contribution < -0.4 is 0 Å². The third-order valence-corrected chi connectivity index (χ3v) is 18.4. The molecule has 88 heavy (non-hydrogen) atoms. The number of rotatable bonds is 6. The average Bonchev–Trinajstić information content (AvgIpc) is 1.76. The zero-order valence-corrected chi connectivity index (χ0v) is 46.9. The number of nitrogens with zero attached hydrogens (tertiary/aromatic N) is 6. The molecule has 0 atom stereocenters. The molecule has 6 aromatic heterocycles. The second-order valence-corrected chi connectivity index (χ2v) is 22.8. The quantitative estimate of drug-likeness (QED) is 0.166. The summed E-state index contributed by atoms with van der Waals surface area (Å²) in [7, 11) is 0. The maximum absolute atomic E-state index is 13.2. The third kappa shape index (κ3) is 6.44. The van der Waals surface area contributed by atoms with Gasteiger partial charge in [0.1, 0.15) is 34.4 Å². The van der Waals surface area contributed by atoms with Crippen LogP contribution in [0.3, 0.4) is 0 Å². The number of nitriles is 2. The van der Waals surface area contributed by atoms with Gasteiger partial charge in [0.25, 0.3) is 0 Å². The highest BCUT2D eigenvalue weighted by atomic mass is 16.3. The average molecular weight is 1120 g/mol. The van der Waals surface area contributed by atoms with E-state index in [0.29, 0.717) is 45.0 Å². The van der Waals surface area contributed by atoms with E-state index in [4.69, 9.17) is 8.83 Å². The van der Waals surface area contributed by atoms with E-state index < -0.39 is 0 Å². The number of hydrogen-bond acceptors (Lipinski definition) is 4. The molecule has 19 rings (SSSR count). The predicted molar refractivity (Wildman–Crippen MR) is 359 cm³/mol. The highest BCUT2D eigenvalue weighted by Gasteiger charge is 2.36. The molecule has 6 heterocycles. The van der Waals surface area contributed by atoms with Gasteiger partial charge in [-0.2, -0.15) is 10.5 Å². The van der Waals surface area contributed by atoms with Gasteiger partial charge in [-0.25, -0.2) is 0 Å². The summed E-state index contributed by atoms with van der Waals surface area (Å²) >= 11 is 0. The molecule has 0 aliphatic heterocycles. The summed E-state index contributed by atoms with van der Waals surface area (Å²) in [6, 6.07) is 98.9. The Morgan fingerprint density at radius 3 is 0.943 bits per heavy atom. The number of hydrogen-bond donors (Lipinski definition) is 0. The molecule has 8 heteroatoms. The van der Waals surface area contributed by atoms with Crippen molar-refractivity contribution in [2.24, 2.45) is 0 Å². The Balaban J connectivity index is 1.10. The van der Waals surface area contributed by atoms with E-state index in [9.17, 15) is 10.5 Å². The van der Waals surface area contributed by atoms with Crippen LogP contribution in [-0.4, -0.2) is 18.3 Å². The fourth-order valence-electron chi connectivity index (χ4n) is 14.8. The molecular weight excluding hydrogens is 1080 g/mol. The largest absolute Gasteiger partial charge is 0.454 e. The Morgan fingerprint density at radius 2 is 0.545 bits per heavy atom. The minimum absolute atomic E-state index is 0.337. The van der Waals surface area contributed by atoms with Crippen LogP contribution in [-0.2, 0) is 0 Å². The Bertz CT molecular complexity index is 5940. The number of furan rings is 2. The summed E-state index contributed by atoms with van der Waals surface area (Å²) in [6.45, 7) is 0. The van der Waals surface area contributed by atoms with E-state index in [1.54, 1.807) is 0 Å². The van der Waals surface area contributed by atoms with Crippen molar-refractivity contribution >= 4 is 131 Å². The summed E-state index contributed by atoms with van der Waals surface area (Å²) < 4.78 is 23.2. The summed E-state index contributed by atoms with van der Waals surface area (Å²) in [5.74, 6) is 0. The maximum Gasteiger partial charge on any atom is 0.160 e. The monoisotopic (exact) mass is 1120 g/mol. The van der Waals surface area contributed by atoms with Gasteiger partial charge in [0.05, 0.1) is 66.9 Å². The van der Waals surface area contributed by atoms with Gasteiger partial charge >= 0.3 is 0 Å². The lowest BCUT2D eigenvalue weighted by Gasteiger charge is -2.27. The second kappa shape index (κ2) is 18.1. The first-order valence-electron chi connectivity index (χ1n) is 29.5. The summed E-state index contributed by atoms with van der Waals surface area (Å²) in [5.41, 5.74) is 16.6. The molecule has 13 aromatic carbocycles. The molecule has 0 saturated heterocycles. The Morgan fingerprint density at radius 1 is 0.239 bits per heavy atom. The van der Waals surface area contributed by atoms with Gasteiger partial charge in [-0.05, 0) is 95.1 Å². The van der Waals surface area contributed by atoms with Gasteiger partial charge in [-0.1, -0.05) is 194 Å². The lowest BCUT2D eigenvalue weighted by molar-refractivity contribution is 0.670. The second-order valence-electron chi connectivity index (χ2n) is 22.8. The van der Waals surface area contributed by atoms with E-state index in [2.05, 4.69) is 249 Å². The summed E-state index contributed by atoms with van der Waals surface area (Å²) in [6.07, 6.45) is 0. The van der Waals surface area contributed by atoms with E-state index in [0.717, 1.165) is 142 Å². The zero-order valence-electron chi connectivity index (χ0n) is 46.9. The molecule has 19 aromatic rings. The van der Waals surface area contributed by atoms with Crippen molar-refractivity contribution < 1.29 is 8.83 Å². The molecular formula is C80H44N6O2. The van der Waals surface area contributed by atoms with Crippen molar-refractivity contribution in [1.82, 2.24) is 18.3 Å². The molecule has 0 aliphatic carbocycles. The van der Waals surface area contributed by atoms with Crippen molar-refractivity contribution in [2.45, 2.75) is 0 Å². The van der Waals surface area contributed by atoms with Crippen LogP contribution in [0.5, 0.6) is 0 Å². The fourth-order valence-corrected chi connectivity index (χ4v) is 14.8. The van der Waals surface area contributed by atoms with Gasteiger partial charge in [-0.3, -0.25) is 0 Å². The standard InChI is InChI=1S/C80H44N6O2/c81-45-63-73(83-65-29-13-9-25-53(65)61-43-49(35-41-69(61)83)47-19-3-1-4-20-47)75(85-67-31-15-7-23-51(67)57-37-39-59-55-27-11-17-33-71(55)87-79(59)77(57)85)64(46-82)74(84-66-30-14-10-26-54(66)62-44-50(36-42-70(62)84)48-21-5-2-6-22-48)76(63)86-68-32-16-8-24-52(68)58-38-40-60-56-28-12-18-34-72(56)88-80(60)78(58)86/h1-44H. The number of benzene rings is 13. The highest BCUT2D eigenvalue weighted by molar-refractivity contribution is 6.25. The topological polar surface area (TPSA) is 93.6 Å². The molecule has 8 nitrogen and oxygen atoms in total. The van der Waals surface area contributed by atoms with Gasteiger partial charge < -0.3 is 27.1 Å². The third-order valence-electron chi connectivity index (χ3n) is 18.4. The van der Waals surface area contributed by atoms with E-state index in [1.165, 1.54) is 0 Å². The molecule has 0 aliphatic rings. The van der Waals surface area contributed by atoms with E-state index in [1.807, 2.05) is 48.5 Å². The Hall–Kier alpha value is -12.4. The van der Waals surface area contributed by atoms with Crippen LogP contribution in [0.4, 0.5) is 0 Å². The number of fused-ring (bicyclic) bond motifs is 20. The van der Waals surface area contributed by atoms with Crippen molar-refractivity contribution in [3.05, 3.63) is 278 Å². The van der Waals surface area contributed by atoms with Crippen LogP contribution in [0.15, 0.2) is 276 Å². The molecule has 0 fully saturated rings. The number of aromatic nitrogens is 4. The SMILES string of the molecule is N#Cc1c(-n2c3ccccc3c3cc(-c4ccccc4)ccc32)c(-n2c3ccccc3c3ccc4c5ccccc5oc4c32)c(C#N)c(-n2c3ccccc3c3cc(-c4ccccc4)ccc32)c1-n1c2ccccc2c2ccc3c4ccccc4oc3c21. The smallest absolute Gasteiger partial charge is 0.160 e. The lowest BCUT2D eigenvalue weighted by atomic mass is 9.98. The first kappa shape index (κ1) is 48.1. The summed E-state index contributed by atoms with van der Waals surface area (Å²) in [5, 5.41) is 38.0. The molecule has 0 saturated carbocycles. The molecule has 0 spiro atoms. The molecule has 0 N–H and O–H groups in total. The normalized spacial score (nSPS) is 12.1. The van der Waals surface area contributed by atoms with Crippen molar-refractivity contribution in [2.75, 3.05) is 0 Å². The van der Waals surface area contributed by atoms with Crippen LogP contribution >= 0.6 is 0 Å². The van der Waals surface area contributed by atoms with Crippen LogP contribution in [0.2, 0.25) is 0 Å². The van der Waals surface area contributed by atoms with Gasteiger partial charge in [0.2, 0.25) is 0 Å². The molecule has 0 bridgehead atoms. The van der Waals surface area contributed by atoms with Crippen LogP contribution in [0.1, 0.15) is 11.1 Å². The van der Waals surface area contributed by atoms with E-state index >= 15 is 0 Å². The lowest BCUT2D eigenvalue weighted by Crippen LogP contribution is -2.16. The van der Waals surface area contributed by atoms with Crippen molar-refractivity contribution in [3.63, 3.8) is 0 Å². The first-order valence-corrected chi connectivity index (χ1v) is 29.5. The first-order chi connectivity index (χ1) is 43.6. The van der Waals surface area contributed by atoms with Crippen molar-refractivity contribution in [3.8, 4) is 57.1 Å². The Kier molecular flexibility index (Phi) is 9.87. The summed E-state index contributed by atoms with van der Waals surface area (Å²) in [4.78, 5) is 0. The molecule has 0 unspecified atom stereocenters. The Labute approximate surface area is 501 Å². The number of para-hydroxylation sites is 6. The fraction of sp³-hybridized carbons (Fsp3) is 0. The van der Waals surface area contributed by atoms with Crippen molar-refractivity contribution in [1.29, 1.82) is 10.5 Å². The highest BCUT2D eigenvalue weighted by Crippen LogP contribution is 2.51. The molecule has 406 valence electrons. The minimum atomic E-state index is 0.337. The van der Waals surface area contributed by atoms with Crippen LogP contribution in [0, 0.1) is 22.7 Å². The van der Waals surface area contributed by atoms with Gasteiger partial charge in [0.15, 0.2) is 11.2 Å². The maximum atomic E-state index is 13.2. The molecule has 0 radical (unpaired) electrons. The van der Waals surface area contributed by atoms with E-state index in [-0.39, 0.29) is 0 Å². The molecule has 0 amide bonds.